The average molecular weight is 407 g/mol. The molecule has 1 aliphatic rings. The Morgan fingerprint density at radius 1 is 1.03 bits per heavy atom. The first-order chi connectivity index (χ1) is 13.9. The van der Waals surface area contributed by atoms with E-state index in [9.17, 15) is 13.2 Å². The fourth-order valence-corrected chi connectivity index (χ4v) is 4.46. The van der Waals surface area contributed by atoms with E-state index in [1.54, 1.807) is 24.3 Å². The number of sulfonamides is 1. The maximum absolute atomic E-state index is 12.8. The van der Waals surface area contributed by atoms with Crippen molar-refractivity contribution < 1.29 is 13.2 Å². The molecule has 0 N–H and O–H groups in total. The van der Waals surface area contributed by atoms with Crippen LogP contribution >= 0.6 is 0 Å². The molecule has 0 bridgehead atoms. The van der Waals surface area contributed by atoms with Crippen molar-refractivity contribution in [2.75, 3.05) is 17.1 Å². The fourth-order valence-electron chi connectivity index (χ4n) is 3.50. The van der Waals surface area contributed by atoms with Gasteiger partial charge in [0, 0.05) is 24.8 Å². The second kappa shape index (κ2) is 7.67. The highest BCUT2D eigenvalue weighted by Crippen LogP contribution is 2.30. The predicted molar refractivity (Wildman–Crippen MR) is 112 cm³/mol. The summed E-state index contributed by atoms with van der Waals surface area (Å²) in [4.78, 5) is 17.1. The van der Waals surface area contributed by atoms with Crippen LogP contribution in [0.2, 0.25) is 0 Å². The highest BCUT2D eigenvalue weighted by molar-refractivity contribution is 7.92. The summed E-state index contributed by atoms with van der Waals surface area (Å²) < 4.78 is 27.1. The van der Waals surface area contributed by atoms with Gasteiger partial charge in [-0.15, -0.1) is 0 Å². The number of rotatable bonds is 4. The van der Waals surface area contributed by atoms with Crippen LogP contribution in [0.25, 0.3) is 0 Å². The van der Waals surface area contributed by atoms with Crippen molar-refractivity contribution in [1.82, 2.24) is 4.57 Å². The molecule has 0 fully saturated rings. The van der Waals surface area contributed by atoms with Gasteiger partial charge in [-0.3, -0.25) is 9.10 Å². The molecule has 0 saturated heterocycles. The molecule has 0 spiro atoms. The summed E-state index contributed by atoms with van der Waals surface area (Å²) >= 11 is 0. The number of carbonyl (C=O) groups excluding carboxylic acids is 1. The normalized spacial score (nSPS) is 14.1. The molecule has 1 amide bonds. The number of anilines is 1. The Morgan fingerprint density at radius 3 is 2.55 bits per heavy atom. The van der Waals surface area contributed by atoms with Crippen LogP contribution in [0, 0.1) is 0 Å². The number of pyridine rings is 1. The number of amides is 1. The Bertz CT molecular complexity index is 1230. The maximum atomic E-state index is 12.8. The first-order valence-corrected chi connectivity index (χ1v) is 11.2. The van der Waals surface area contributed by atoms with Crippen molar-refractivity contribution in [2.24, 2.45) is 4.99 Å². The number of hydrogen-bond acceptors (Lipinski definition) is 3. The van der Waals surface area contributed by atoms with E-state index in [-0.39, 0.29) is 5.91 Å². The zero-order chi connectivity index (χ0) is 20.4. The summed E-state index contributed by atoms with van der Waals surface area (Å²) in [7, 11) is -3.31. The molecule has 6 nitrogen and oxygen atoms in total. The molecule has 3 aromatic rings. The van der Waals surface area contributed by atoms with E-state index >= 15 is 0 Å². The topological polar surface area (TPSA) is 71.7 Å². The largest absolute Gasteiger partial charge is 0.328 e. The van der Waals surface area contributed by atoms with Gasteiger partial charge >= 0.3 is 0 Å². The van der Waals surface area contributed by atoms with Crippen molar-refractivity contribution in [3.05, 3.63) is 95.1 Å². The Morgan fingerprint density at radius 2 is 1.79 bits per heavy atom. The molecule has 0 unspecified atom stereocenters. The summed E-state index contributed by atoms with van der Waals surface area (Å²) in [5, 5.41) is 0. The van der Waals surface area contributed by atoms with E-state index < -0.39 is 10.0 Å². The number of benzene rings is 2. The zero-order valence-electron chi connectivity index (χ0n) is 16.0. The molecule has 1 aromatic heterocycles. The van der Waals surface area contributed by atoms with Crippen molar-refractivity contribution in [3.8, 4) is 0 Å². The van der Waals surface area contributed by atoms with Crippen LogP contribution in [0.5, 0.6) is 0 Å². The molecule has 4 rings (SSSR count). The number of aromatic nitrogens is 1. The Balaban J connectivity index is 1.65. The van der Waals surface area contributed by atoms with Gasteiger partial charge in [0.2, 0.25) is 10.0 Å². The third-order valence-electron chi connectivity index (χ3n) is 4.91. The molecule has 148 valence electrons. The standard InChI is InChI=1S/C22H21N3O3S/c1-29(27,28)25-14-12-18-15-19(10-11-20(18)25)22(26)23-21-9-5-6-13-24(21)16-17-7-3-2-4-8-17/h2-11,13,15H,12,14,16H2,1H3. The Hall–Kier alpha value is -3.19. The SMILES string of the molecule is CS(=O)(=O)N1CCc2cc(C(=O)N=c3ccccn3Cc3ccccc3)ccc21. The smallest absolute Gasteiger partial charge is 0.278 e. The number of fused-ring (bicyclic) bond motifs is 1. The van der Waals surface area contributed by atoms with Crippen molar-refractivity contribution in [2.45, 2.75) is 13.0 Å². The van der Waals surface area contributed by atoms with Crippen LogP contribution in [0.3, 0.4) is 0 Å². The van der Waals surface area contributed by atoms with Gasteiger partial charge in [0.15, 0.2) is 0 Å². The van der Waals surface area contributed by atoms with Crippen LogP contribution in [0.4, 0.5) is 5.69 Å². The second-order valence-corrected chi connectivity index (χ2v) is 8.92. The van der Waals surface area contributed by atoms with Crippen LogP contribution < -0.4 is 9.79 Å². The predicted octanol–water partition coefficient (Wildman–Crippen LogP) is 2.60. The van der Waals surface area contributed by atoms with Gasteiger partial charge in [-0.05, 0) is 47.9 Å². The lowest BCUT2D eigenvalue weighted by molar-refractivity contribution is 0.0997. The van der Waals surface area contributed by atoms with Gasteiger partial charge in [-0.25, -0.2) is 8.42 Å². The van der Waals surface area contributed by atoms with E-state index in [1.807, 2.05) is 53.2 Å². The summed E-state index contributed by atoms with van der Waals surface area (Å²) in [6, 6.07) is 20.6. The van der Waals surface area contributed by atoms with E-state index in [4.69, 9.17) is 0 Å². The average Bonchev–Trinajstić information content (AvgIpc) is 3.14. The monoisotopic (exact) mass is 407 g/mol. The van der Waals surface area contributed by atoms with E-state index in [0.717, 1.165) is 11.1 Å². The Kier molecular flexibility index (Phi) is 5.07. The molecule has 29 heavy (non-hydrogen) atoms. The number of nitrogens with zero attached hydrogens (tertiary/aromatic N) is 3. The molecule has 1 aliphatic heterocycles. The van der Waals surface area contributed by atoms with Gasteiger partial charge < -0.3 is 4.57 Å². The van der Waals surface area contributed by atoms with Gasteiger partial charge in [0.1, 0.15) is 5.49 Å². The summed E-state index contributed by atoms with van der Waals surface area (Å²) in [5.41, 5.74) is 3.63. The summed E-state index contributed by atoms with van der Waals surface area (Å²) in [5.74, 6) is -0.349. The first-order valence-electron chi connectivity index (χ1n) is 9.31. The van der Waals surface area contributed by atoms with Crippen LogP contribution in [-0.4, -0.2) is 31.7 Å². The molecule has 0 atom stereocenters. The van der Waals surface area contributed by atoms with E-state index in [1.165, 1.54) is 10.6 Å². The molecule has 0 aliphatic carbocycles. The second-order valence-electron chi connectivity index (χ2n) is 7.02. The first kappa shape index (κ1) is 19.1. The van der Waals surface area contributed by atoms with Gasteiger partial charge in [-0.2, -0.15) is 4.99 Å². The third-order valence-corrected chi connectivity index (χ3v) is 6.09. The molecule has 7 heteroatoms. The molecular formula is C22H21N3O3S. The molecular weight excluding hydrogens is 386 g/mol. The van der Waals surface area contributed by atoms with E-state index in [0.29, 0.717) is 36.2 Å². The molecule has 2 heterocycles. The minimum atomic E-state index is -3.31. The lowest BCUT2D eigenvalue weighted by atomic mass is 10.1. The maximum Gasteiger partial charge on any atom is 0.278 e. The molecule has 0 saturated carbocycles. The number of hydrogen-bond donors (Lipinski definition) is 0. The molecule has 2 aromatic carbocycles. The Labute approximate surface area is 169 Å². The lowest BCUT2D eigenvalue weighted by Gasteiger charge is -2.16. The quantitative estimate of drug-likeness (QED) is 0.667. The van der Waals surface area contributed by atoms with Crippen LogP contribution in [-0.2, 0) is 23.0 Å². The van der Waals surface area contributed by atoms with Crippen molar-refractivity contribution >= 4 is 21.6 Å². The van der Waals surface area contributed by atoms with Crippen molar-refractivity contribution in [3.63, 3.8) is 0 Å². The van der Waals surface area contributed by atoms with Gasteiger partial charge in [0.25, 0.3) is 5.91 Å². The minimum Gasteiger partial charge on any atom is -0.328 e. The number of carbonyl (C=O) groups is 1. The zero-order valence-corrected chi connectivity index (χ0v) is 16.8. The van der Waals surface area contributed by atoms with Gasteiger partial charge in [0.05, 0.1) is 11.9 Å². The van der Waals surface area contributed by atoms with Crippen molar-refractivity contribution in [1.29, 1.82) is 0 Å². The van der Waals surface area contributed by atoms with Crippen LogP contribution in [0.15, 0.2) is 77.9 Å². The lowest BCUT2D eigenvalue weighted by Crippen LogP contribution is -2.27. The van der Waals surface area contributed by atoms with E-state index in [2.05, 4.69) is 4.99 Å². The molecule has 0 radical (unpaired) electrons. The third kappa shape index (κ3) is 4.14. The highest BCUT2D eigenvalue weighted by atomic mass is 32.2. The summed E-state index contributed by atoms with van der Waals surface area (Å²) in [6.07, 6.45) is 3.67. The van der Waals surface area contributed by atoms with Crippen LogP contribution in [0.1, 0.15) is 21.5 Å². The minimum absolute atomic E-state index is 0.349. The fraction of sp³-hybridized carbons (Fsp3) is 0.182. The van der Waals surface area contributed by atoms with Gasteiger partial charge in [-0.1, -0.05) is 36.4 Å². The highest BCUT2D eigenvalue weighted by Gasteiger charge is 2.26. The summed E-state index contributed by atoms with van der Waals surface area (Å²) in [6.45, 7) is 1.01.